The van der Waals surface area contributed by atoms with Gasteiger partial charge < -0.3 is 10.0 Å². The van der Waals surface area contributed by atoms with Gasteiger partial charge in [0.2, 0.25) is 0 Å². The molecular formula is C14H11Cl2N3O3. The van der Waals surface area contributed by atoms with Crippen LogP contribution in [0.5, 0.6) is 0 Å². The first-order valence-corrected chi connectivity index (χ1v) is 7.26. The number of halogens is 2. The molecule has 114 valence electrons. The molecule has 3 rings (SSSR count). The molecule has 1 aromatic carbocycles. The van der Waals surface area contributed by atoms with Crippen LogP contribution in [-0.4, -0.2) is 38.6 Å². The predicted octanol–water partition coefficient (Wildman–Crippen LogP) is 2.61. The van der Waals surface area contributed by atoms with Crippen molar-refractivity contribution in [3.63, 3.8) is 0 Å². The lowest BCUT2D eigenvalue weighted by atomic mass is 10.0. The van der Waals surface area contributed by atoms with Gasteiger partial charge in [0.15, 0.2) is 5.69 Å². The van der Waals surface area contributed by atoms with E-state index in [9.17, 15) is 9.59 Å². The Morgan fingerprint density at radius 2 is 2.09 bits per heavy atom. The van der Waals surface area contributed by atoms with Gasteiger partial charge in [-0.25, -0.2) is 4.79 Å². The summed E-state index contributed by atoms with van der Waals surface area (Å²) in [5.41, 5.74) is 1.59. The fraction of sp³-hybridized carbons (Fsp3) is 0.214. The number of nitrogens with zero attached hydrogens (tertiary/aromatic N) is 2. The highest BCUT2D eigenvalue weighted by atomic mass is 35.5. The molecule has 0 spiro atoms. The van der Waals surface area contributed by atoms with E-state index in [1.807, 2.05) is 0 Å². The minimum Gasteiger partial charge on any atom is -0.476 e. The van der Waals surface area contributed by atoms with Crippen molar-refractivity contribution < 1.29 is 14.7 Å². The van der Waals surface area contributed by atoms with E-state index in [2.05, 4.69) is 10.2 Å². The van der Waals surface area contributed by atoms with Gasteiger partial charge in [-0.2, -0.15) is 5.10 Å². The van der Waals surface area contributed by atoms with Crippen LogP contribution in [0.15, 0.2) is 18.2 Å². The molecule has 22 heavy (non-hydrogen) atoms. The van der Waals surface area contributed by atoms with Gasteiger partial charge in [-0.05, 0) is 18.2 Å². The molecule has 1 aliphatic rings. The Bertz CT molecular complexity index is 773. The number of hydrogen-bond acceptors (Lipinski definition) is 3. The van der Waals surface area contributed by atoms with Gasteiger partial charge in [0.25, 0.3) is 5.91 Å². The molecule has 0 saturated heterocycles. The Balaban J connectivity index is 1.89. The maximum atomic E-state index is 12.6. The molecule has 0 unspecified atom stereocenters. The van der Waals surface area contributed by atoms with E-state index in [4.69, 9.17) is 28.3 Å². The SMILES string of the molecule is O=C(O)c1n[nH]c2c1CN(C(=O)c1ccc(Cl)cc1Cl)CC2. The third kappa shape index (κ3) is 2.55. The van der Waals surface area contributed by atoms with Gasteiger partial charge in [-0.15, -0.1) is 0 Å². The van der Waals surface area contributed by atoms with Crippen LogP contribution in [0.25, 0.3) is 0 Å². The number of hydrogen-bond donors (Lipinski definition) is 2. The average molecular weight is 340 g/mol. The van der Waals surface area contributed by atoms with Gasteiger partial charge in [-0.1, -0.05) is 23.2 Å². The lowest BCUT2D eigenvalue weighted by Gasteiger charge is -2.27. The number of nitrogens with one attached hydrogen (secondary N) is 1. The molecule has 0 aliphatic carbocycles. The molecule has 0 saturated carbocycles. The van der Waals surface area contributed by atoms with Crippen molar-refractivity contribution in [3.8, 4) is 0 Å². The van der Waals surface area contributed by atoms with Crippen molar-refractivity contribution in [2.75, 3.05) is 6.54 Å². The van der Waals surface area contributed by atoms with Crippen molar-refractivity contribution in [3.05, 3.63) is 50.8 Å². The van der Waals surface area contributed by atoms with Gasteiger partial charge in [0, 0.05) is 29.2 Å². The van der Waals surface area contributed by atoms with E-state index >= 15 is 0 Å². The first-order valence-electron chi connectivity index (χ1n) is 6.51. The number of rotatable bonds is 2. The Labute approximate surface area is 135 Å². The smallest absolute Gasteiger partial charge is 0.356 e. The van der Waals surface area contributed by atoms with Crippen molar-refractivity contribution >= 4 is 35.1 Å². The lowest BCUT2D eigenvalue weighted by Crippen LogP contribution is -2.36. The Morgan fingerprint density at radius 3 is 2.77 bits per heavy atom. The normalized spacial score (nSPS) is 13.8. The zero-order valence-corrected chi connectivity index (χ0v) is 12.8. The van der Waals surface area contributed by atoms with Crippen LogP contribution in [0.4, 0.5) is 0 Å². The number of fused-ring (bicyclic) bond motifs is 1. The molecule has 0 fully saturated rings. The van der Waals surface area contributed by atoms with Gasteiger partial charge in [-0.3, -0.25) is 9.89 Å². The van der Waals surface area contributed by atoms with Gasteiger partial charge in [0.05, 0.1) is 17.1 Å². The van der Waals surface area contributed by atoms with Crippen LogP contribution < -0.4 is 0 Å². The second-order valence-electron chi connectivity index (χ2n) is 4.94. The minimum absolute atomic E-state index is 0.0466. The average Bonchev–Trinajstić information content (AvgIpc) is 2.89. The van der Waals surface area contributed by atoms with Crippen LogP contribution in [-0.2, 0) is 13.0 Å². The largest absolute Gasteiger partial charge is 0.476 e. The summed E-state index contributed by atoms with van der Waals surface area (Å²) in [6, 6.07) is 4.67. The Hall–Kier alpha value is -2.05. The Morgan fingerprint density at radius 1 is 1.32 bits per heavy atom. The van der Waals surface area contributed by atoms with Crippen molar-refractivity contribution in [2.24, 2.45) is 0 Å². The molecule has 2 N–H and O–H groups in total. The summed E-state index contributed by atoms with van der Waals surface area (Å²) < 4.78 is 0. The van der Waals surface area contributed by atoms with Gasteiger partial charge >= 0.3 is 5.97 Å². The number of carbonyl (C=O) groups excluding carboxylic acids is 1. The maximum Gasteiger partial charge on any atom is 0.356 e. The molecule has 2 heterocycles. The molecule has 0 radical (unpaired) electrons. The molecule has 0 atom stereocenters. The number of amides is 1. The van der Waals surface area contributed by atoms with E-state index in [0.29, 0.717) is 29.1 Å². The number of carbonyl (C=O) groups is 2. The molecule has 1 aromatic heterocycles. The zero-order valence-electron chi connectivity index (χ0n) is 11.3. The minimum atomic E-state index is -1.11. The number of aromatic nitrogens is 2. The Kier molecular flexibility index (Phi) is 3.80. The number of aromatic amines is 1. The molecule has 0 bridgehead atoms. The molecule has 1 aliphatic heterocycles. The molecule has 1 amide bonds. The molecule has 2 aromatic rings. The van der Waals surface area contributed by atoms with Crippen LogP contribution in [0.3, 0.4) is 0 Å². The lowest BCUT2D eigenvalue weighted by molar-refractivity contribution is 0.0674. The number of carboxylic acid groups (broad SMARTS) is 1. The second-order valence-corrected chi connectivity index (χ2v) is 5.78. The molecular weight excluding hydrogens is 329 g/mol. The monoisotopic (exact) mass is 339 g/mol. The third-order valence-electron chi connectivity index (χ3n) is 3.58. The maximum absolute atomic E-state index is 12.6. The molecule has 6 nitrogen and oxygen atoms in total. The van der Waals surface area contributed by atoms with E-state index in [1.54, 1.807) is 17.0 Å². The summed E-state index contributed by atoms with van der Waals surface area (Å²) in [6.45, 7) is 0.650. The summed E-state index contributed by atoms with van der Waals surface area (Å²) in [7, 11) is 0. The summed E-state index contributed by atoms with van der Waals surface area (Å²) >= 11 is 11.9. The van der Waals surface area contributed by atoms with Gasteiger partial charge in [0.1, 0.15) is 0 Å². The third-order valence-corrected chi connectivity index (χ3v) is 4.13. The second kappa shape index (κ2) is 5.62. The van der Waals surface area contributed by atoms with Crippen LogP contribution in [0.1, 0.15) is 32.1 Å². The van der Waals surface area contributed by atoms with Crippen LogP contribution >= 0.6 is 23.2 Å². The number of benzene rings is 1. The summed E-state index contributed by atoms with van der Waals surface area (Å²) in [5.74, 6) is -1.37. The quantitative estimate of drug-likeness (QED) is 0.880. The number of H-pyrrole nitrogens is 1. The standard InChI is InChI=1S/C14H11Cl2N3O3/c15-7-1-2-8(10(16)5-7)13(20)19-4-3-11-9(6-19)12(14(21)22)18-17-11/h1-2,5H,3-4,6H2,(H,17,18)(H,21,22). The van der Waals surface area contributed by atoms with E-state index in [0.717, 1.165) is 5.69 Å². The first-order chi connectivity index (χ1) is 10.5. The van der Waals surface area contributed by atoms with E-state index in [-0.39, 0.29) is 23.2 Å². The summed E-state index contributed by atoms with van der Waals surface area (Å²) in [6.07, 6.45) is 0.520. The molecule has 8 heteroatoms. The topological polar surface area (TPSA) is 86.3 Å². The van der Waals surface area contributed by atoms with Crippen molar-refractivity contribution in [1.29, 1.82) is 0 Å². The number of carboxylic acids is 1. The van der Waals surface area contributed by atoms with Crippen LogP contribution in [0.2, 0.25) is 10.0 Å². The zero-order chi connectivity index (χ0) is 15.9. The van der Waals surface area contributed by atoms with Crippen molar-refractivity contribution in [2.45, 2.75) is 13.0 Å². The van der Waals surface area contributed by atoms with E-state index in [1.165, 1.54) is 6.07 Å². The van der Waals surface area contributed by atoms with Crippen molar-refractivity contribution in [1.82, 2.24) is 15.1 Å². The predicted molar refractivity (Wildman–Crippen MR) is 80.5 cm³/mol. The summed E-state index contributed by atoms with van der Waals surface area (Å²) in [4.78, 5) is 25.3. The first kappa shape index (κ1) is 14.9. The number of aromatic carboxylic acids is 1. The fourth-order valence-corrected chi connectivity index (χ4v) is 2.97. The van der Waals surface area contributed by atoms with Crippen LogP contribution in [0, 0.1) is 0 Å². The van der Waals surface area contributed by atoms with E-state index < -0.39 is 5.97 Å². The highest BCUT2D eigenvalue weighted by Gasteiger charge is 2.28. The fourth-order valence-electron chi connectivity index (χ4n) is 2.48. The highest BCUT2D eigenvalue weighted by molar-refractivity contribution is 6.36. The highest BCUT2D eigenvalue weighted by Crippen LogP contribution is 2.26. The summed E-state index contributed by atoms with van der Waals surface area (Å²) in [5, 5.41) is 16.3.